The summed E-state index contributed by atoms with van der Waals surface area (Å²) in [6.45, 7) is 2.18. The van der Waals surface area contributed by atoms with Crippen LogP contribution in [0.4, 0.5) is 0 Å². The van der Waals surface area contributed by atoms with Gasteiger partial charge in [-0.05, 0) is 53.1 Å². The van der Waals surface area contributed by atoms with E-state index < -0.39 is 0 Å². The topological polar surface area (TPSA) is 0 Å². The van der Waals surface area contributed by atoms with Crippen LogP contribution in [0.3, 0.4) is 0 Å². The summed E-state index contributed by atoms with van der Waals surface area (Å²) in [6.07, 6.45) is 1.91. The van der Waals surface area contributed by atoms with Crippen molar-refractivity contribution in [3.8, 4) is 11.1 Å². The summed E-state index contributed by atoms with van der Waals surface area (Å²) in [6, 6.07) is 37.1. The SMILES string of the molecule is Cc1ccc(Cc2ccccc2)c(-c2ccccc2Cc2ccccc2)c1. The van der Waals surface area contributed by atoms with Gasteiger partial charge in [0.15, 0.2) is 0 Å². The van der Waals surface area contributed by atoms with Gasteiger partial charge in [-0.3, -0.25) is 0 Å². The fraction of sp³-hybridized carbons (Fsp3) is 0.111. The normalized spacial score (nSPS) is 10.7. The Morgan fingerprint density at radius 3 is 1.63 bits per heavy atom. The zero-order valence-corrected chi connectivity index (χ0v) is 15.7. The summed E-state index contributed by atoms with van der Waals surface area (Å²) in [5.74, 6) is 0. The molecule has 27 heavy (non-hydrogen) atoms. The van der Waals surface area contributed by atoms with Crippen molar-refractivity contribution < 1.29 is 0 Å². The van der Waals surface area contributed by atoms with E-state index in [0.29, 0.717) is 0 Å². The summed E-state index contributed by atoms with van der Waals surface area (Å²) >= 11 is 0. The second-order valence-electron chi connectivity index (χ2n) is 7.14. The smallest absolute Gasteiger partial charge is 0.00196 e. The zero-order valence-electron chi connectivity index (χ0n) is 15.7. The zero-order chi connectivity index (χ0) is 18.5. The highest BCUT2D eigenvalue weighted by Crippen LogP contribution is 2.31. The highest BCUT2D eigenvalue weighted by Gasteiger charge is 2.11. The number of aryl methyl sites for hydroxylation is 1. The molecule has 0 saturated carbocycles. The van der Waals surface area contributed by atoms with Crippen LogP contribution in [-0.2, 0) is 12.8 Å². The molecule has 132 valence electrons. The first-order chi connectivity index (χ1) is 13.3. The third-order valence-corrected chi connectivity index (χ3v) is 5.05. The summed E-state index contributed by atoms with van der Waals surface area (Å²) in [4.78, 5) is 0. The molecule has 0 aliphatic carbocycles. The first kappa shape index (κ1) is 17.3. The molecule has 4 aromatic carbocycles. The van der Waals surface area contributed by atoms with Crippen molar-refractivity contribution in [1.82, 2.24) is 0 Å². The molecule has 4 aromatic rings. The molecular weight excluding hydrogens is 324 g/mol. The summed E-state index contributed by atoms with van der Waals surface area (Å²) in [7, 11) is 0. The van der Waals surface area contributed by atoms with Gasteiger partial charge in [0.05, 0.1) is 0 Å². The fourth-order valence-corrected chi connectivity index (χ4v) is 3.66. The molecule has 0 nitrogen and oxygen atoms in total. The van der Waals surface area contributed by atoms with Crippen LogP contribution in [0.5, 0.6) is 0 Å². The molecule has 0 unspecified atom stereocenters. The van der Waals surface area contributed by atoms with Gasteiger partial charge in [0.25, 0.3) is 0 Å². The second-order valence-corrected chi connectivity index (χ2v) is 7.14. The van der Waals surface area contributed by atoms with Crippen LogP contribution in [-0.4, -0.2) is 0 Å². The van der Waals surface area contributed by atoms with Crippen molar-refractivity contribution in [3.63, 3.8) is 0 Å². The van der Waals surface area contributed by atoms with Gasteiger partial charge in [0.2, 0.25) is 0 Å². The molecule has 0 heteroatoms. The van der Waals surface area contributed by atoms with Crippen molar-refractivity contribution in [2.45, 2.75) is 19.8 Å². The molecule has 0 bridgehead atoms. The van der Waals surface area contributed by atoms with Crippen molar-refractivity contribution in [1.29, 1.82) is 0 Å². The monoisotopic (exact) mass is 348 g/mol. The van der Waals surface area contributed by atoms with Crippen LogP contribution in [0.1, 0.15) is 27.8 Å². The van der Waals surface area contributed by atoms with Crippen LogP contribution in [0.25, 0.3) is 11.1 Å². The molecular formula is C27H24. The lowest BCUT2D eigenvalue weighted by atomic mass is 9.89. The molecule has 0 fully saturated rings. The van der Waals surface area contributed by atoms with E-state index in [1.165, 1.54) is 38.9 Å². The number of hydrogen-bond acceptors (Lipinski definition) is 0. The van der Waals surface area contributed by atoms with Crippen molar-refractivity contribution in [2.24, 2.45) is 0 Å². The molecule has 0 spiro atoms. The quantitative estimate of drug-likeness (QED) is 0.370. The largest absolute Gasteiger partial charge is 0.0622 e. The van der Waals surface area contributed by atoms with Gasteiger partial charge in [-0.15, -0.1) is 0 Å². The minimum atomic E-state index is 0.954. The van der Waals surface area contributed by atoms with E-state index in [2.05, 4.69) is 110 Å². The maximum atomic E-state index is 2.34. The Bertz CT molecular complexity index is 1010. The van der Waals surface area contributed by atoms with Crippen LogP contribution < -0.4 is 0 Å². The molecule has 0 atom stereocenters. The van der Waals surface area contributed by atoms with Gasteiger partial charge in [-0.2, -0.15) is 0 Å². The Morgan fingerprint density at radius 2 is 1.00 bits per heavy atom. The van der Waals surface area contributed by atoms with Crippen molar-refractivity contribution >= 4 is 0 Å². The lowest BCUT2D eigenvalue weighted by molar-refractivity contribution is 1.16. The highest BCUT2D eigenvalue weighted by molar-refractivity contribution is 5.72. The van der Waals surface area contributed by atoms with E-state index >= 15 is 0 Å². The Balaban J connectivity index is 1.76. The van der Waals surface area contributed by atoms with E-state index in [1.807, 2.05) is 0 Å². The molecule has 0 aliphatic heterocycles. The van der Waals surface area contributed by atoms with Gasteiger partial charge in [0.1, 0.15) is 0 Å². The molecule has 4 rings (SSSR count). The van der Waals surface area contributed by atoms with E-state index in [4.69, 9.17) is 0 Å². The van der Waals surface area contributed by atoms with E-state index in [0.717, 1.165) is 12.8 Å². The third kappa shape index (κ3) is 4.17. The minimum absolute atomic E-state index is 0.954. The standard InChI is InChI=1S/C27H24/c1-21-16-17-25(20-23-12-6-3-7-13-23)27(18-21)26-15-9-8-14-24(26)19-22-10-4-2-5-11-22/h2-18H,19-20H2,1H3. The molecule has 0 heterocycles. The van der Waals surface area contributed by atoms with Gasteiger partial charge >= 0.3 is 0 Å². The first-order valence-electron chi connectivity index (χ1n) is 9.55. The molecule has 0 saturated heterocycles. The van der Waals surface area contributed by atoms with E-state index in [1.54, 1.807) is 0 Å². The Morgan fingerprint density at radius 1 is 0.481 bits per heavy atom. The van der Waals surface area contributed by atoms with Crippen LogP contribution in [0.15, 0.2) is 103 Å². The Hall–Kier alpha value is -3.12. The average molecular weight is 348 g/mol. The molecule has 0 N–H and O–H groups in total. The van der Waals surface area contributed by atoms with Gasteiger partial charge in [-0.25, -0.2) is 0 Å². The van der Waals surface area contributed by atoms with Crippen LogP contribution >= 0.6 is 0 Å². The maximum Gasteiger partial charge on any atom is -0.00196 e. The van der Waals surface area contributed by atoms with Crippen LogP contribution in [0, 0.1) is 6.92 Å². The number of rotatable bonds is 5. The lowest BCUT2D eigenvalue weighted by Crippen LogP contribution is -1.97. The average Bonchev–Trinajstić information content (AvgIpc) is 2.71. The van der Waals surface area contributed by atoms with Crippen LogP contribution in [0.2, 0.25) is 0 Å². The predicted molar refractivity (Wildman–Crippen MR) is 115 cm³/mol. The summed E-state index contributed by atoms with van der Waals surface area (Å²) < 4.78 is 0. The Kier molecular flexibility index (Phi) is 5.16. The fourth-order valence-electron chi connectivity index (χ4n) is 3.66. The maximum absolute atomic E-state index is 2.34. The highest BCUT2D eigenvalue weighted by atomic mass is 14.2. The predicted octanol–water partition coefficient (Wildman–Crippen LogP) is 6.84. The van der Waals surface area contributed by atoms with E-state index in [9.17, 15) is 0 Å². The van der Waals surface area contributed by atoms with Gasteiger partial charge in [0, 0.05) is 0 Å². The molecule has 0 radical (unpaired) electrons. The Labute approximate surface area is 162 Å². The molecule has 0 aliphatic rings. The second kappa shape index (κ2) is 8.05. The first-order valence-corrected chi connectivity index (χ1v) is 9.55. The lowest BCUT2D eigenvalue weighted by Gasteiger charge is -2.15. The molecule has 0 amide bonds. The summed E-state index contributed by atoms with van der Waals surface area (Å²) in [5, 5.41) is 0. The molecule has 0 aromatic heterocycles. The van der Waals surface area contributed by atoms with Crippen molar-refractivity contribution in [3.05, 3.63) is 131 Å². The van der Waals surface area contributed by atoms with Gasteiger partial charge < -0.3 is 0 Å². The third-order valence-electron chi connectivity index (χ3n) is 5.05. The van der Waals surface area contributed by atoms with Crippen molar-refractivity contribution in [2.75, 3.05) is 0 Å². The summed E-state index contributed by atoms with van der Waals surface area (Å²) in [5.41, 5.74) is 9.46. The number of benzene rings is 4. The van der Waals surface area contributed by atoms with E-state index in [-0.39, 0.29) is 0 Å². The van der Waals surface area contributed by atoms with Gasteiger partial charge in [-0.1, -0.05) is 109 Å². The number of hydrogen-bond donors (Lipinski definition) is 0. The minimum Gasteiger partial charge on any atom is -0.0622 e.